The highest BCUT2D eigenvalue weighted by Crippen LogP contribution is 2.19. The molecule has 0 saturated carbocycles. The summed E-state index contributed by atoms with van der Waals surface area (Å²) in [4.78, 5) is 28.3. The van der Waals surface area contributed by atoms with Crippen LogP contribution in [0.2, 0.25) is 0 Å². The number of ketones is 1. The van der Waals surface area contributed by atoms with E-state index >= 15 is 0 Å². The Hall–Kier alpha value is -2.82. The van der Waals surface area contributed by atoms with Crippen molar-refractivity contribution in [3.05, 3.63) is 59.7 Å². The summed E-state index contributed by atoms with van der Waals surface area (Å²) in [5.41, 5.74) is 2.51. The molecule has 0 aliphatic carbocycles. The van der Waals surface area contributed by atoms with Crippen LogP contribution in [-0.2, 0) is 0 Å². The van der Waals surface area contributed by atoms with E-state index in [1.165, 1.54) is 0 Å². The van der Waals surface area contributed by atoms with E-state index in [0.29, 0.717) is 25.3 Å². The van der Waals surface area contributed by atoms with Crippen molar-refractivity contribution < 1.29 is 14.3 Å². The van der Waals surface area contributed by atoms with E-state index in [2.05, 4.69) is 11.8 Å². The number of nitrogens with zero attached hydrogens (tertiary/aromatic N) is 2. The van der Waals surface area contributed by atoms with Gasteiger partial charge in [-0.15, -0.1) is 0 Å². The average molecular weight is 380 g/mol. The molecule has 1 heterocycles. The molecule has 1 aliphatic heterocycles. The van der Waals surface area contributed by atoms with Crippen LogP contribution in [0.15, 0.2) is 48.5 Å². The molecule has 0 bridgehead atoms. The number of hydrogen-bond donors (Lipinski definition) is 0. The lowest BCUT2D eigenvalue weighted by Crippen LogP contribution is -2.48. The Morgan fingerprint density at radius 2 is 1.50 bits per heavy atom. The molecule has 1 aliphatic rings. The van der Waals surface area contributed by atoms with E-state index in [9.17, 15) is 9.59 Å². The van der Waals surface area contributed by atoms with Crippen molar-refractivity contribution in [1.82, 2.24) is 4.90 Å². The van der Waals surface area contributed by atoms with E-state index in [0.717, 1.165) is 42.9 Å². The minimum absolute atomic E-state index is 0.0617. The van der Waals surface area contributed by atoms with E-state index < -0.39 is 0 Å². The molecule has 1 amide bonds. The number of Topliss-reactive ketones (excluding diaryl/α,β-unsaturated/α-hetero) is 1. The van der Waals surface area contributed by atoms with Crippen molar-refractivity contribution in [1.29, 1.82) is 0 Å². The van der Waals surface area contributed by atoms with Gasteiger partial charge in [0.1, 0.15) is 5.75 Å². The summed E-state index contributed by atoms with van der Waals surface area (Å²) < 4.78 is 5.66. The van der Waals surface area contributed by atoms with E-state index in [-0.39, 0.29) is 11.7 Å². The van der Waals surface area contributed by atoms with Crippen molar-refractivity contribution in [3.8, 4) is 5.75 Å². The average Bonchev–Trinajstić information content (AvgIpc) is 2.74. The van der Waals surface area contributed by atoms with Gasteiger partial charge in [-0.3, -0.25) is 9.59 Å². The number of benzene rings is 2. The Kier molecular flexibility index (Phi) is 6.69. The Morgan fingerprint density at radius 1 is 0.893 bits per heavy atom. The first-order valence-electron chi connectivity index (χ1n) is 9.96. The second-order valence-electron chi connectivity index (χ2n) is 7.11. The first kappa shape index (κ1) is 19.9. The third kappa shape index (κ3) is 4.91. The number of hydrogen-bond acceptors (Lipinski definition) is 4. The molecule has 3 rings (SSSR count). The number of unbranched alkanes of at least 4 members (excludes halogenated alkanes) is 1. The lowest BCUT2D eigenvalue weighted by atomic mass is 10.1. The van der Waals surface area contributed by atoms with Crippen LogP contribution in [-0.4, -0.2) is 49.4 Å². The van der Waals surface area contributed by atoms with Crippen LogP contribution in [0.4, 0.5) is 5.69 Å². The van der Waals surface area contributed by atoms with Crippen molar-refractivity contribution in [3.63, 3.8) is 0 Å². The smallest absolute Gasteiger partial charge is 0.253 e. The molecule has 148 valence electrons. The largest absolute Gasteiger partial charge is 0.494 e. The van der Waals surface area contributed by atoms with Crippen LogP contribution in [0, 0.1) is 0 Å². The second kappa shape index (κ2) is 9.40. The first-order chi connectivity index (χ1) is 13.6. The molecule has 0 radical (unpaired) electrons. The minimum atomic E-state index is 0.0617. The molecular formula is C23H28N2O3. The Balaban J connectivity index is 1.54. The predicted molar refractivity (Wildman–Crippen MR) is 111 cm³/mol. The van der Waals surface area contributed by atoms with E-state index in [4.69, 9.17) is 4.74 Å². The molecule has 0 spiro atoms. The molecule has 2 aromatic carbocycles. The summed E-state index contributed by atoms with van der Waals surface area (Å²) >= 11 is 0. The molecule has 0 aromatic heterocycles. The summed E-state index contributed by atoms with van der Waals surface area (Å²) in [7, 11) is 0. The number of carbonyl (C=O) groups excluding carboxylic acids is 2. The fourth-order valence-corrected chi connectivity index (χ4v) is 3.29. The normalized spacial score (nSPS) is 14.1. The molecule has 28 heavy (non-hydrogen) atoms. The highest BCUT2D eigenvalue weighted by Gasteiger charge is 2.22. The van der Waals surface area contributed by atoms with Gasteiger partial charge in [0.15, 0.2) is 5.78 Å². The summed E-state index contributed by atoms with van der Waals surface area (Å²) in [6.45, 7) is 7.34. The molecule has 0 atom stereocenters. The van der Waals surface area contributed by atoms with Crippen LogP contribution >= 0.6 is 0 Å². The molecule has 5 nitrogen and oxygen atoms in total. The number of carbonyl (C=O) groups is 2. The first-order valence-corrected chi connectivity index (χ1v) is 9.96. The number of ether oxygens (including phenoxy) is 1. The van der Waals surface area contributed by atoms with Gasteiger partial charge in [0.05, 0.1) is 6.61 Å². The number of anilines is 1. The van der Waals surface area contributed by atoms with Gasteiger partial charge in [-0.1, -0.05) is 13.3 Å². The number of amides is 1. The van der Waals surface area contributed by atoms with Gasteiger partial charge in [0.25, 0.3) is 5.91 Å². The van der Waals surface area contributed by atoms with Crippen molar-refractivity contribution in [2.75, 3.05) is 37.7 Å². The molecule has 0 unspecified atom stereocenters. The summed E-state index contributed by atoms with van der Waals surface area (Å²) in [6.07, 6.45) is 2.13. The zero-order chi connectivity index (χ0) is 19.9. The van der Waals surface area contributed by atoms with Gasteiger partial charge in [0.2, 0.25) is 0 Å². The summed E-state index contributed by atoms with van der Waals surface area (Å²) in [5.74, 6) is 0.944. The van der Waals surface area contributed by atoms with Crippen molar-refractivity contribution in [2.24, 2.45) is 0 Å². The summed E-state index contributed by atoms with van der Waals surface area (Å²) in [5, 5.41) is 0. The topological polar surface area (TPSA) is 49.9 Å². The molecular weight excluding hydrogens is 352 g/mol. The number of piperazine rings is 1. The maximum absolute atomic E-state index is 12.8. The molecule has 0 N–H and O–H groups in total. The molecule has 5 heteroatoms. The maximum atomic E-state index is 12.8. The SMILES string of the molecule is CCCCOc1ccc(C(=O)N2CCN(c3ccc(C(C)=O)cc3)CC2)cc1. The zero-order valence-electron chi connectivity index (χ0n) is 16.7. The quantitative estimate of drug-likeness (QED) is 0.537. The highest BCUT2D eigenvalue weighted by atomic mass is 16.5. The van der Waals surface area contributed by atoms with E-state index in [1.807, 2.05) is 53.4 Å². The van der Waals surface area contributed by atoms with Crippen LogP contribution in [0.3, 0.4) is 0 Å². The Bertz CT molecular complexity index is 792. The zero-order valence-corrected chi connectivity index (χ0v) is 16.7. The number of rotatable bonds is 7. The lowest BCUT2D eigenvalue weighted by Gasteiger charge is -2.36. The van der Waals surface area contributed by atoms with Gasteiger partial charge in [-0.2, -0.15) is 0 Å². The van der Waals surface area contributed by atoms with Crippen LogP contribution < -0.4 is 9.64 Å². The Labute approximate surface area is 166 Å². The second-order valence-corrected chi connectivity index (χ2v) is 7.11. The Morgan fingerprint density at radius 3 is 2.07 bits per heavy atom. The van der Waals surface area contributed by atoms with E-state index in [1.54, 1.807) is 6.92 Å². The van der Waals surface area contributed by atoms with Gasteiger partial charge >= 0.3 is 0 Å². The fourth-order valence-electron chi connectivity index (χ4n) is 3.29. The van der Waals surface area contributed by atoms with Gasteiger partial charge in [0, 0.05) is 43.0 Å². The molecule has 1 fully saturated rings. The van der Waals surface area contributed by atoms with Gasteiger partial charge in [-0.25, -0.2) is 0 Å². The van der Waals surface area contributed by atoms with Crippen LogP contribution in [0.5, 0.6) is 5.75 Å². The van der Waals surface area contributed by atoms with Crippen LogP contribution in [0.1, 0.15) is 47.4 Å². The fraction of sp³-hybridized carbons (Fsp3) is 0.391. The standard InChI is InChI=1S/C23H28N2O3/c1-3-4-17-28-22-11-7-20(8-12-22)23(27)25-15-13-24(14-16-25)21-9-5-19(6-10-21)18(2)26/h5-12H,3-4,13-17H2,1-2H3. The van der Waals surface area contributed by atoms with Gasteiger partial charge < -0.3 is 14.5 Å². The van der Waals surface area contributed by atoms with Crippen LogP contribution in [0.25, 0.3) is 0 Å². The monoisotopic (exact) mass is 380 g/mol. The third-order valence-electron chi connectivity index (χ3n) is 5.07. The third-order valence-corrected chi connectivity index (χ3v) is 5.07. The molecule has 1 saturated heterocycles. The molecule has 2 aromatic rings. The van der Waals surface area contributed by atoms with Crippen molar-refractivity contribution >= 4 is 17.4 Å². The summed E-state index contributed by atoms with van der Waals surface area (Å²) in [6, 6.07) is 15.1. The maximum Gasteiger partial charge on any atom is 0.253 e. The van der Waals surface area contributed by atoms with Crippen molar-refractivity contribution in [2.45, 2.75) is 26.7 Å². The highest BCUT2D eigenvalue weighted by molar-refractivity contribution is 5.95. The lowest BCUT2D eigenvalue weighted by molar-refractivity contribution is 0.0746. The van der Waals surface area contributed by atoms with Gasteiger partial charge in [-0.05, 0) is 61.9 Å². The minimum Gasteiger partial charge on any atom is -0.494 e. The predicted octanol–water partition coefficient (Wildman–Crippen LogP) is 4.03.